The third-order valence-electron chi connectivity index (χ3n) is 6.80. The highest BCUT2D eigenvalue weighted by molar-refractivity contribution is 5.64. The molecule has 0 aliphatic heterocycles. The molecule has 0 spiro atoms. The zero-order valence-electron chi connectivity index (χ0n) is 17.3. The lowest BCUT2D eigenvalue weighted by Gasteiger charge is -2.41. The minimum atomic E-state index is -1.15. The lowest BCUT2D eigenvalue weighted by atomic mass is 9.64. The first-order chi connectivity index (χ1) is 15.1. The Morgan fingerprint density at radius 2 is 2.00 bits per heavy atom. The lowest BCUT2D eigenvalue weighted by molar-refractivity contribution is 0.00242. The van der Waals surface area contributed by atoms with Crippen LogP contribution in [0.25, 0.3) is 11.8 Å². The van der Waals surface area contributed by atoms with Crippen molar-refractivity contribution in [2.45, 2.75) is 38.2 Å². The Balaban J connectivity index is 1.57. The second-order valence-electron chi connectivity index (χ2n) is 8.23. The van der Waals surface area contributed by atoms with E-state index in [1.54, 1.807) is 18.5 Å². The van der Waals surface area contributed by atoms with Crippen molar-refractivity contribution in [2.75, 3.05) is 0 Å². The summed E-state index contributed by atoms with van der Waals surface area (Å²) in [5, 5.41) is 25.7. The van der Waals surface area contributed by atoms with Gasteiger partial charge >= 0.3 is 0 Å². The average Bonchev–Trinajstić information content (AvgIpc) is 3.35. The maximum absolute atomic E-state index is 11.8. The minimum absolute atomic E-state index is 0.447. The topological polar surface area (TPSA) is 74.7 Å². The number of hydrogen-bond donors (Lipinski definition) is 1. The fourth-order valence-corrected chi connectivity index (χ4v) is 5.07. The quantitative estimate of drug-likeness (QED) is 0.652. The van der Waals surface area contributed by atoms with Crippen molar-refractivity contribution >= 4 is 6.08 Å². The van der Waals surface area contributed by atoms with Crippen LogP contribution in [0.3, 0.4) is 0 Å². The Labute approximate surface area is 181 Å². The van der Waals surface area contributed by atoms with Gasteiger partial charge in [-0.1, -0.05) is 36.5 Å². The molecule has 2 aliphatic carbocycles. The minimum Gasteiger partial charge on any atom is -0.377 e. The second kappa shape index (κ2) is 7.23. The van der Waals surface area contributed by atoms with Gasteiger partial charge in [-0.05, 0) is 61.6 Å². The maximum atomic E-state index is 11.8. The molecule has 31 heavy (non-hydrogen) atoms. The van der Waals surface area contributed by atoms with Crippen LogP contribution in [0.5, 0.6) is 0 Å². The summed E-state index contributed by atoms with van der Waals surface area (Å²) in [5.41, 5.74) is 3.89. The van der Waals surface area contributed by atoms with Crippen LogP contribution in [0.15, 0.2) is 60.6 Å². The Bertz CT molecular complexity index is 1290. The van der Waals surface area contributed by atoms with Crippen molar-refractivity contribution in [1.29, 1.82) is 5.26 Å². The van der Waals surface area contributed by atoms with Crippen LogP contribution in [0.2, 0.25) is 0 Å². The summed E-state index contributed by atoms with van der Waals surface area (Å²) < 4.78 is 1.92. The van der Waals surface area contributed by atoms with Gasteiger partial charge in [-0.2, -0.15) is 10.4 Å². The average molecular weight is 406 g/mol. The molecule has 2 atom stereocenters. The van der Waals surface area contributed by atoms with Crippen LogP contribution in [0.4, 0.5) is 0 Å². The molecular weight excluding hydrogens is 384 g/mol. The van der Waals surface area contributed by atoms with Gasteiger partial charge in [-0.25, -0.2) is 4.68 Å². The molecule has 5 rings (SSSR count). The van der Waals surface area contributed by atoms with E-state index >= 15 is 0 Å². The molecule has 5 heteroatoms. The first-order valence-corrected chi connectivity index (χ1v) is 10.5. The molecule has 2 heterocycles. The van der Waals surface area contributed by atoms with Gasteiger partial charge in [0.25, 0.3) is 0 Å². The number of nitriles is 1. The molecule has 0 bridgehead atoms. The van der Waals surface area contributed by atoms with E-state index in [1.807, 2.05) is 41.2 Å². The maximum Gasteiger partial charge on any atom is 0.135 e. The summed E-state index contributed by atoms with van der Waals surface area (Å²) in [7, 11) is 0. The molecule has 5 nitrogen and oxygen atoms in total. The predicted molar refractivity (Wildman–Crippen MR) is 118 cm³/mol. The molecule has 3 aromatic rings. The predicted octanol–water partition coefficient (Wildman–Crippen LogP) is 4.05. The fourth-order valence-electron chi connectivity index (χ4n) is 5.07. The highest BCUT2D eigenvalue weighted by Gasteiger charge is 2.56. The number of aromatic nitrogens is 3. The number of aliphatic hydroxyl groups is 1. The number of benzene rings is 1. The van der Waals surface area contributed by atoms with Crippen LogP contribution in [0.1, 0.15) is 48.6 Å². The Morgan fingerprint density at radius 1 is 1.16 bits per heavy atom. The monoisotopic (exact) mass is 406 g/mol. The molecular formula is C26H22N4O. The van der Waals surface area contributed by atoms with Crippen molar-refractivity contribution in [2.24, 2.45) is 5.41 Å². The van der Waals surface area contributed by atoms with Gasteiger partial charge < -0.3 is 5.11 Å². The zero-order chi connectivity index (χ0) is 21.5. The lowest BCUT2D eigenvalue weighted by Crippen LogP contribution is -2.46. The molecule has 0 amide bonds. The Hall–Kier alpha value is -3.67. The van der Waals surface area contributed by atoms with Gasteiger partial charge in [-0.3, -0.25) is 4.98 Å². The number of hydrogen-bond acceptors (Lipinski definition) is 4. The summed E-state index contributed by atoms with van der Waals surface area (Å²) in [4.78, 5) is 4.21. The molecule has 1 saturated carbocycles. The molecule has 1 fully saturated rings. The highest BCUT2D eigenvalue weighted by atomic mass is 16.3. The standard InChI is InChI=1S/C26H22N4O/c1-2-25-15-21-17-29-30(23-8-5-13-28-18-23)24(21)14-22(25)10-12-26(25,31)11-9-19-6-3-4-7-20(19)16-27/h3-8,13-14,17-18,31H,2,10,12,15H2,1H3/t25-,26-/m0/s1. The molecule has 0 radical (unpaired) electrons. The molecule has 1 N–H and O–H groups in total. The molecule has 0 saturated heterocycles. The summed E-state index contributed by atoms with van der Waals surface area (Å²) in [5.74, 6) is 6.30. The number of nitrogens with zero attached hydrogens (tertiary/aromatic N) is 4. The van der Waals surface area contributed by atoms with Crippen molar-refractivity contribution in [3.63, 3.8) is 0 Å². The van der Waals surface area contributed by atoms with Crippen molar-refractivity contribution in [3.8, 4) is 23.6 Å². The summed E-state index contributed by atoms with van der Waals surface area (Å²) in [6.07, 6.45) is 10.5. The van der Waals surface area contributed by atoms with Crippen molar-refractivity contribution in [1.82, 2.24) is 14.8 Å². The van der Waals surface area contributed by atoms with Crippen molar-refractivity contribution < 1.29 is 5.11 Å². The van der Waals surface area contributed by atoms with Crippen LogP contribution < -0.4 is 0 Å². The number of fused-ring (bicyclic) bond motifs is 2. The van der Waals surface area contributed by atoms with E-state index in [0.717, 1.165) is 29.8 Å². The fraction of sp³-hybridized carbons (Fsp3) is 0.269. The van der Waals surface area contributed by atoms with E-state index in [9.17, 15) is 10.4 Å². The van der Waals surface area contributed by atoms with E-state index in [1.165, 1.54) is 5.57 Å². The van der Waals surface area contributed by atoms with Gasteiger partial charge in [0.2, 0.25) is 0 Å². The molecule has 2 aromatic heterocycles. The summed E-state index contributed by atoms with van der Waals surface area (Å²) in [6, 6.07) is 13.3. The third-order valence-corrected chi connectivity index (χ3v) is 6.80. The molecule has 0 unspecified atom stereocenters. The summed E-state index contributed by atoms with van der Waals surface area (Å²) >= 11 is 0. The smallest absolute Gasteiger partial charge is 0.135 e. The van der Waals surface area contributed by atoms with E-state index in [-0.39, 0.29) is 0 Å². The zero-order valence-corrected chi connectivity index (χ0v) is 17.3. The van der Waals surface area contributed by atoms with E-state index in [4.69, 9.17) is 0 Å². The highest BCUT2D eigenvalue weighted by Crippen LogP contribution is 2.57. The molecule has 2 aliphatic rings. The SMILES string of the molecule is CC[C@]12Cc3cnn(-c4cccnc4)c3C=C1CC[C@@]2(O)C#Cc1ccccc1C#N. The van der Waals surface area contributed by atoms with Crippen LogP contribution in [-0.2, 0) is 6.42 Å². The first-order valence-electron chi connectivity index (χ1n) is 10.5. The van der Waals surface area contributed by atoms with Gasteiger partial charge in [0, 0.05) is 17.2 Å². The Morgan fingerprint density at radius 3 is 2.74 bits per heavy atom. The van der Waals surface area contributed by atoms with Gasteiger partial charge in [-0.15, -0.1) is 0 Å². The number of rotatable bonds is 2. The molecule has 152 valence electrons. The van der Waals surface area contributed by atoms with Gasteiger partial charge in [0.15, 0.2) is 0 Å². The van der Waals surface area contributed by atoms with E-state index < -0.39 is 11.0 Å². The van der Waals surface area contributed by atoms with Gasteiger partial charge in [0.05, 0.1) is 29.3 Å². The van der Waals surface area contributed by atoms with Crippen molar-refractivity contribution in [3.05, 3.63) is 82.9 Å². The van der Waals surface area contributed by atoms with Crippen LogP contribution in [0, 0.1) is 28.6 Å². The van der Waals surface area contributed by atoms with Crippen LogP contribution >= 0.6 is 0 Å². The third kappa shape index (κ3) is 2.90. The first kappa shape index (κ1) is 19.3. The largest absolute Gasteiger partial charge is 0.377 e. The van der Waals surface area contributed by atoms with Gasteiger partial charge in [0.1, 0.15) is 11.7 Å². The van der Waals surface area contributed by atoms with E-state index in [2.05, 4.69) is 41.0 Å². The second-order valence-corrected chi connectivity index (χ2v) is 8.23. The normalized spacial score (nSPS) is 23.7. The molecule has 1 aromatic carbocycles. The summed E-state index contributed by atoms with van der Waals surface area (Å²) in [6.45, 7) is 2.12. The van der Waals surface area contributed by atoms with Crippen LogP contribution in [-0.4, -0.2) is 25.5 Å². The Kier molecular flexibility index (Phi) is 4.50. The van der Waals surface area contributed by atoms with E-state index in [0.29, 0.717) is 24.0 Å². The number of pyridine rings is 1.